The second-order valence-corrected chi connectivity index (χ2v) is 6.60. The lowest BCUT2D eigenvalue weighted by Crippen LogP contribution is -2.30. The van der Waals surface area contributed by atoms with Crippen LogP contribution in [0.15, 0.2) is 0 Å². The summed E-state index contributed by atoms with van der Waals surface area (Å²) in [5, 5.41) is 1.25. The van der Waals surface area contributed by atoms with E-state index in [0.717, 1.165) is 25.9 Å². The minimum Gasteiger partial charge on any atom is -0.326 e. The van der Waals surface area contributed by atoms with E-state index in [1.807, 2.05) is 11.3 Å². The number of aromatic nitrogens is 1. The maximum Gasteiger partial charge on any atom is 0.112 e. The molecule has 1 fully saturated rings. The Morgan fingerprint density at radius 1 is 1.37 bits per heavy atom. The average molecular weight is 282 g/mol. The van der Waals surface area contributed by atoms with Crippen LogP contribution in [0.25, 0.3) is 0 Å². The standard InChI is InChI=1S/C14H26N4S/c1-4-6-11-13(9-15)19-14(16-11)12-10-17(2)7-5-8-18(12)3/h12H,4-10,15H2,1-3H3. The number of nitrogens with zero attached hydrogens (tertiary/aromatic N) is 3. The first-order valence-electron chi connectivity index (χ1n) is 7.23. The second kappa shape index (κ2) is 6.79. The Balaban J connectivity index is 2.23. The highest BCUT2D eigenvalue weighted by Gasteiger charge is 2.25. The topological polar surface area (TPSA) is 45.4 Å². The van der Waals surface area contributed by atoms with Gasteiger partial charge in [-0.25, -0.2) is 4.98 Å². The molecular weight excluding hydrogens is 256 g/mol. The first-order chi connectivity index (χ1) is 9.15. The molecule has 0 bridgehead atoms. The van der Waals surface area contributed by atoms with E-state index in [2.05, 4.69) is 30.8 Å². The van der Waals surface area contributed by atoms with Crippen LogP contribution in [0.4, 0.5) is 0 Å². The van der Waals surface area contributed by atoms with E-state index < -0.39 is 0 Å². The van der Waals surface area contributed by atoms with E-state index in [-0.39, 0.29) is 0 Å². The van der Waals surface area contributed by atoms with Gasteiger partial charge in [-0.2, -0.15) is 0 Å². The predicted octanol–water partition coefficient (Wildman–Crippen LogP) is 1.86. The SMILES string of the molecule is CCCc1nc(C2CN(C)CCCN2C)sc1CN. The summed E-state index contributed by atoms with van der Waals surface area (Å²) in [6, 6.07) is 0.424. The van der Waals surface area contributed by atoms with E-state index in [1.165, 1.54) is 28.5 Å². The minimum absolute atomic E-state index is 0.424. The average Bonchev–Trinajstić information content (AvgIpc) is 2.71. The monoisotopic (exact) mass is 282 g/mol. The Labute approximate surface area is 120 Å². The number of nitrogens with two attached hydrogens (primary N) is 1. The fraction of sp³-hybridized carbons (Fsp3) is 0.786. The van der Waals surface area contributed by atoms with E-state index in [0.29, 0.717) is 12.6 Å². The Hall–Kier alpha value is -0.490. The van der Waals surface area contributed by atoms with Gasteiger partial charge < -0.3 is 10.6 Å². The summed E-state index contributed by atoms with van der Waals surface area (Å²) in [6.07, 6.45) is 3.42. The fourth-order valence-electron chi connectivity index (χ4n) is 2.68. The summed E-state index contributed by atoms with van der Waals surface area (Å²) in [4.78, 5) is 11.0. The van der Waals surface area contributed by atoms with Crippen LogP contribution in [0.2, 0.25) is 0 Å². The van der Waals surface area contributed by atoms with Crippen molar-refractivity contribution in [1.29, 1.82) is 0 Å². The molecule has 0 spiro atoms. The van der Waals surface area contributed by atoms with Crippen molar-refractivity contribution in [2.75, 3.05) is 33.7 Å². The van der Waals surface area contributed by atoms with Crippen molar-refractivity contribution in [1.82, 2.24) is 14.8 Å². The van der Waals surface area contributed by atoms with Gasteiger partial charge in [-0.1, -0.05) is 13.3 Å². The summed E-state index contributed by atoms with van der Waals surface area (Å²) in [5.41, 5.74) is 7.09. The van der Waals surface area contributed by atoms with Gasteiger partial charge in [-0.15, -0.1) is 11.3 Å². The van der Waals surface area contributed by atoms with Crippen molar-refractivity contribution >= 4 is 11.3 Å². The van der Waals surface area contributed by atoms with Gasteiger partial charge >= 0.3 is 0 Å². The molecule has 1 aromatic heterocycles. The van der Waals surface area contributed by atoms with Gasteiger partial charge in [0.2, 0.25) is 0 Å². The fourth-order valence-corrected chi connectivity index (χ4v) is 3.82. The molecule has 1 atom stereocenters. The van der Waals surface area contributed by atoms with Gasteiger partial charge in [-0.05, 0) is 40.0 Å². The van der Waals surface area contributed by atoms with E-state index in [4.69, 9.17) is 10.7 Å². The summed E-state index contributed by atoms with van der Waals surface area (Å²) >= 11 is 1.82. The number of thiazole rings is 1. The van der Waals surface area contributed by atoms with Gasteiger partial charge in [0.1, 0.15) is 5.01 Å². The van der Waals surface area contributed by atoms with Crippen LogP contribution in [0.5, 0.6) is 0 Å². The van der Waals surface area contributed by atoms with E-state index in [1.54, 1.807) is 0 Å². The molecule has 1 saturated heterocycles. The quantitative estimate of drug-likeness (QED) is 0.915. The molecule has 5 heteroatoms. The van der Waals surface area contributed by atoms with Gasteiger partial charge in [-0.3, -0.25) is 4.90 Å². The Morgan fingerprint density at radius 3 is 2.84 bits per heavy atom. The number of likely N-dealkylation sites (N-methyl/N-ethyl adjacent to an activating group) is 2. The zero-order valence-corrected chi connectivity index (χ0v) is 13.2. The maximum atomic E-state index is 5.86. The molecule has 2 N–H and O–H groups in total. The summed E-state index contributed by atoms with van der Waals surface area (Å²) < 4.78 is 0. The van der Waals surface area contributed by atoms with Crippen LogP contribution in [0, 0.1) is 0 Å². The molecule has 4 nitrogen and oxygen atoms in total. The van der Waals surface area contributed by atoms with Crippen molar-refractivity contribution < 1.29 is 0 Å². The number of hydrogen-bond donors (Lipinski definition) is 1. The second-order valence-electron chi connectivity index (χ2n) is 5.49. The molecule has 1 aliphatic rings. The molecule has 0 radical (unpaired) electrons. The minimum atomic E-state index is 0.424. The summed E-state index contributed by atoms with van der Waals surface area (Å²) in [6.45, 7) is 6.22. The number of rotatable bonds is 4. The van der Waals surface area contributed by atoms with Crippen molar-refractivity contribution in [3.8, 4) is 0 Å². The molecule has 1 aromatic rings. The van der Waals surface area contributed by atoms with Crippen LogP contribution in [-0.2, 0) is 13.0 Å². The van der Waals surface area contributed by atoms with Gasteiger partial charge in [0.25, 0.3) is 0 Å². The van der Waals surface area contributed by atoms with Crippen LogP contribution in [-0.4, -0.2) is 48.5 Å². The zero-order chi connectivity index (χ0) is 13.8. The molecule has 2 rings (SSSR count). The van der Waals surface area contributed by atoms with E-state index >= 15 is 0 Å². The van der Waals surface area contributed by atoms with Crippen molar-refractivity contribution in [2.24, 2.45) is 5.73 Å². The van der Waals surface area contributed by atoms with Crippen molar-refractivity contribution in [3.05, 3.63) is 15.6 Å². The highest BCUT2D eigenvalue weighted by molar-refractivity contribution is 7.11. The maximum absolute atomic E-state index is 5.86. The van der Waals surface area contributed by atoms with Crippen LogP contribution in [0.1, 0.15) is 41.4 Å². The lowest BCUT2D eigenvalue weighted by Gasteiger charge is -2.25. The molecule has 108 valence electrons. The molecule has 0 aliphatic carbocycles. The zero-order valence-electron chi connectivity index (χ0n) is 12.4. The number of hydrogen-bond acceptors (Lipinski definition) is 5. The number of aryl methyl sites for hydroxylation is 1. The van der Waals surface area contributed by atoms with Gasteiger partial charge in [0.15, 0.2) is 0 Å². The third kappa shape index (κ3) is 3.54. The molecule has 19 heavy (non-hydrogen) atoms. The molecular formula is C14H26N4S. The smallest absolute Gasteiger partial charge is 0.112 e. The highest BCUT2D eigenvalue weighted by atomic mass is 32.1. The van der Waals surface area contributed by atoms with Crippen LogP contribution in [0.3, 0.4) is 0 Å². The highest BCUT2D eigenvalue weighted by Crippen LogP contribution is 2.29. The lowest BCUT2D eigenvalue weighted by atomic mass is 10.2. The van der Waals surface area contributed by atoms with Gasteiger partial charge in [0, 0.05) is 18.0 Å². The van der Waals surface area contributed by atoms with E-state index in [9.17, 15) is 0 Å². The predicted molar refractivity (Wildman–Crippen MR) is 81.5 cm³/mol. The summed E-state index contributed by atoms with van der Waals surface area (Å²) in [5.74, 6) is 0. The Morgan fingerprint density at radius 2 is 2.16 bits per heavy atom. The third-order valence-electron chi connectivity index (χ3n) is 3.82. The molecule has 1 unspecified atom stereocenters. The first-order valence-corrected chi connectivity index (χ1v) is 8.04. The Kier molecular flexibility index (Phi) is 5.33. The van der Waals surface area contributed by atoms with Crippen LogP contribution >= 0.6 is 11.3 Å². The summed E-state index contributed by atoms with van der Waals surface area (Å²) in [7, 11) is 4.42. The van der Waals surface area contributed by atoms with Gasteiger partial charge in [0.05, 0.1) is 11.7 Å². The third-order valence-corrected chi connectivity index (χ3v) is 5.04. The molecule has 1 aliphatic heterocycles. The lowest BCUT2D eigenvalue weighted by molar-refractivity contribution is 0.228. The first kappa shape index (κ1) is 14.9. The largest absolute Gasteiger partial charge is 0.326 e. The van der Waals surface area contributed by atoms with Crippen molar-refractivity contribution in [3.63, 3.8) is 0 Å². The van der Waals surface area contributed by atoms with Crippen molar-refractivity contribution in [2.45, 2.75) is 38.8 Å². The Bertz CT molecular complexity index is 404. The molecule has 2 heterocycles. The van der Waals surface area contributed by atoms with Crippen LogP contribution < -0.4 is 5.73 Å². The normalized spacial score (nSPS) is 22.6. The molecule has 0 saturated carbocycles. The molecule has 0 aromatic carbocycles. The molecule has 0 amide bonds.